The largest absolute Gasteiger partial charge is 0.448 e. The number of carbonyl (C=O) groups is 1. The van der Waals surface area contributed by atoms with E-state index in [2.05, 4.69) is 4.74 Å². The van der Waals surface area contributed by atoms with Gasteiger partial charge in [0, 0.05) is 16.5 Å². The average molecular weight is 177 g/mol. The van der Waals surface area contributed by atoms with Crippen molar-refractivity contribution in [1.82, 2.24) is 0 Å². The molecule has 0 fully saturated rings. The standard InChI is InChI=1S/C6H5ClO2S/c7-6(8)9-4-5-2-1-3-10-5/h1-3H,4H2. The van der Waals surface area contributed by atoms with E-state index in [9.17, 15) is 4.79 Å². The maximum absolute atomic E-state index is 10.1. The van der Waals surface area contributed by atoms with Crippen LogP contribution in [-0.2, 0) is 11.3 Å². The van der Waals surface area contributed by atoms with E-state index in [0.717, 1.165) is 4.88 Å². The maximum Gasteiger partial charge on any atom is 0.404 e. The van der Waals surface area contributed by atoms with Crippen LogP contribution < -0.4 is 0 Å². The van der Waals surface area contributed by atoms with Gasteiger partial charge in [0.25, 0.3) is 0 Å². The van der Waals surface area contributed by atoms with Gasteiger partial charge in [-0.1, -0.05) is 6.07 Å². The SMILES string of the molecule is O=C(Cl)OCc1cccs1. The molecule has 4 heteroatoms. The Morgan fingerprint density at radius 2 is 2.60 bits per heavy atom. The fraction of sp³-hybridized carbons (Fsp3) is 0.167. The summed E-state index contributed by atoms with van der Waals surface area (Å²) in [6.45, 7) is 0.278. The predicted molar refractivity (Wildman–Crippen MR) is 40.4 cm³/mol. The minimum absolute atomic E-state index is 0.278. The highest BCUT2D eigenvalue weighted by atomic mass is 35.5. The van der Waals surface area contributed by atoms with Crippen LogP contribution >= 0.6 is 22.9 Å². The molecule has 0 aliphatic rings. The summed E-state index contributed by atoms with van der Waals surface area (Å²) in [4.78, 5) is 11.1. The van der Waals surface area contributed by atoms with Crippen molar-refractivity contribution < 1.29 is 9.53 Å². The molecule has 0 saturated heterocycles. The molecule has 10 heavy (non-hydrogen) atoms. The summed E-state index contributed by atoms with van der Waals surface area (Å²) in [6.07, 6.45) is 0. The van der Waals surface area contributed by atoms with Crippen molar-refractivity contribution in [1.29, 1.82) is 0 Å². The molecule has 0 unspecified atom stereocenters. The summed E-state index contributed by atoms with van der Waals surface area (Å²) >= 11 is 6.47. The second-order valence-electron chi connectivity index (χ2n) is 1.61. The van der Waals surface area contributed by atoms with Crippen LogP contribution in [0.5, 0.6) is 0 Å². The lowest BCUT2D eigenvalue weighted by Crippen LogP contribution is -1.91. The molecule has 2 nitrogen and oxygen atoms in total. The van der Waals surface area contributed by atoms with Gasteiger partial charge < -0.3 is 4.74 Å². The van der Waals surface area contributed by atoms with Gasteiger partial charge in [-0.25, -0.2) is 4.79 Å². The molecular formula is C6H5ClO2S. The monoisotopic (exact) mass is 176 g/mol. The number of ether oxygens (including phenoxy) is 1. The van der Waals surface area contributed by atoms with Crippen LogP contribution in [0.2, 0.25) is 0 Å². The first-order valence-electron chi connectivity index (χ1n) is 2.63. The molecule has 0 radical (unpaired) electrons. The highest BCUT2D eigenvalue weighted by Gasteiger charge is 1.96. The van der Waals surface area contributed by atoms with Crippen LogP contribution in [0.25, 0.3) is 0 Å². The number of carbonyl (C=O) groups excluding carboxylic acids is 1. The first-order chi connectivity index (χ1) is 4.79. The van der Waals surface area contributed by atoms with E-state index in [1.165, 1.54) is 11.3 Å². The fourth-order valence-electron chi connectivity index (χ4n) is 0.523. The van der Waals surface area contributed by atoms with Gasteiger partial charge in [0.15, 0.2) is 0 Å². The Morgan fingerprint density at radius 1 is 1.80 bits per heavy atom. The van der Waals surface area contributed by atoms with E-state index in [1.54, 1.807) is 0 Å². The summed E-state index contributed by atoms with van der Waals surface area (Å²) in [5, 5.41) is 1.91. The van der Waals surface area contributed by atoms with Crippen molar-refractivity contribution in [2.45, 2.75) is 6.61 Å². The topological polar surface area (TPSA) is 26.3 Å². The zero-order chi connectivity index (χ0) is 7.40. The van der Waals surface area contributed by atoms with Crippen molar-refractivity contribution in [2.75, 3.05) is 0 Å². The van der Waals surface area contributed by atoms with Gasteiger partial charge in [-0.05, 0) is 11.4 Å². The highest BCUT2D eigenvalue weighted by Crippen LogP contribution is 2.09. The van der Waals surface area contributed by atoms with E-state index in [0.29, 0.717) is 0 Å². The third-order valence-corrected chi connectivity index (χ3v) is 1.87. The first kappa shape index (κ1) is 7.57. The van der Waals surface area contributed by atoms with Crippen LogP contribution in [0.3, 0.4) is 0 Å². The Kier molecular flexibility index (Phi) is 2.71. The summed E-state index contributed by atoms with van der Waals surface area (Å²) in [6, 6.07) is 3.77. The van der Waals surface area contributed by atoms with E-state index in [-0.39, 0.29) is 6.61 Å². The molecule has 1 rings (SSSR count). The Hall–Kier alpha value is -0.540. The Balaban J connectivity index is 2.35. The molecule has 1 heterocycles. The molecule has 0 amide bonds. The number of hydrogen-bond donors (Lipinski definition) is 0. The lowest BCUT2D eigenvalue weighted by atomic mass is 10.5. The normalized spacial score (nSPS) is 9.30. The van der Waals surface area contributed by atoms with Crippen molar-refractivity contribution in [3.05, 3.63) is 22.4 Å². The molecule has 0 aliphatic heterocycles. The highest BCUT2D eigenvalue weighted by molar-refractivity contribution is 7.09. The molecule has 0 spiro atoms. The average Bonchev–Trinajstić information content (AvgIpc) is 2.34. The second kappa shape index (κ2) is 3.58. The van der Waals surface area contributed by atoms with Crippen molar-refractivity contribution in [3.8, 4) is 0 Å². The fourth-order valence-corrected chi connectivity index (χ4v) is 1.19. The summed E-state index contributed by atoms with van der Waals surface area (Å²) in [7, 11) is 0. The van der Waals surface area contributed by atoms with Gasteiger partial charge in [0.05, 0.1) is 0 Å². The van der Waals surface area contributed by atoms with Crippen molar-refractivity contribution >= 4 is 28.4 Å². The van der Waals surface area contributed by atoms with Crippen LogP contribution in [0.4, 0.5) is 4.79 Å². The summed E-state index contributed by atoms with van der Waals surface area (Å²) < 4.78 is 4.52. The zero-order valence-corrected chi connectivity index (χ0v) is 6.61. The van der Waals surface area contributed by atoms with Crippen molar-refractivity contribution in [3.63, 3.8) is 0 Å². The summed E-state index contributed by atoms with van der Waals surface area (Å²) in [5.74, 6) is 0. The summed E-state index contributed by atoms with van der Waals surface area (Å²) in [5.41, 5.74) is -0.756. The van der Waals surface area contributed by atoms with Crippen LogP contribution in [0, 0.1) is 0 Å². The minimum Gasteiger partial charge on any atom is -0.448 e. The van der Waals surface area contributed by atoms with E-state index >= 15 is 0 Å². The molecule has 0 saturated carbocycles. The molecule has 0 aliphatic carbocycles. The first-order valence-corrected chi connectivity index (χ1v) is 3.89. The molecule has 54 valence electrons. The lowest BCUT2D eigenvalue weighted by Gasteiger charge is -1.94. The van der Waals surface area contributed by atoms with Crippen LogP contribution in [-0.4, -0.2) is 5.43 Å². The van der Waals surface area contributed by atoms with E-state index < -0.39 is 5.43 Å². The number of rotatable bonds is 2. The third-order valence-electron chi connectivity index (χ3n) is 0.908. The quantitative estimate of drug-likeness (QED) is 0.648. The predicted octanol–water partition coefficient (Wildman–Crippen LogP) is 2.62. The second-order valence-corrected chi connectivity index (χ2v) is 2.95. The molecular weight excluding hydrogens is 172 g/mol. The van der Waals surface area contributed by atoms with Crippen molar-refractivity contribution in [2.24, 2.45) is 0 Å². The van der Waals surface area contributed by atoms with Gasteiger partial charge in [-0.15, -0.1) is 11.3 Å². The van der Waals surface area contributed by atoms with E-state index in [4.69, 9.17) is 11.6 Å². The molecule has 1 aromatic rings. The molecule has 1 aromatic heterocycles. The van der Waals surface area contributed by atoms with E-state index in [1.807, 2.05) is 17.5 Å². The molecule has 0 aromatic carbocycles. The maximum atomic E-state index is 10.1. The minimum atomic E-state index is -0.756. The smallest absolute Gasteiger partial charge is 0.404 e. The van der Waals surface area contributed by atoms with Gasteiger partial charge in [0.1, 0.15) is 6.61 Å². The zero-order valence-electron chi connectivity index (χ0n) is 5.04. The van der Waals surface area contributed by atoms with Gasteiger partial charge in [-0.3, -0.25) is 0 Å². The van der Waals surface area contributed by atoms with Gasteiger partial charge >= 0.3 is 5.43 Å². The molecule has 0 N–H and O–H groups in total. The van der Waals surface area contributed by atoms with Gasteiger partial charge in [0.2, 0.25) is 0 Å². The van der Waals surface area contributed by atoms with Crippen LogP contribution in [0.1, 0.15) is 4.88 Å². The lowest BCUT2D eigenvalue weighted by molar-refractivity contribution is 0.168. The molecule has 0 atom stereocenters. The number of halogens is 1. The molecule has 0 bridgehead atoms. The Bertz CT molecular complexity index is 208. The number of hydrogen-bond acceptors (Lipinski definition) is 3. The van der Waals surface area contributed by atoms with Crippen LogP contribution in [0.15, 0.2) is 17.5 Å². The Morgan fingerprint density at radius 3 is 3.10 bits per heavy atom. The number of thiophene rings is 1. The van der Waals surface area contributed by atoms with Gasteiger partial charge in [-0.2, -0.15) is 0 Å². The Labute approximate surface area is 67.4 Å². The third kappa shape index (κ3) is 2.37.